The normalized spacial score (nSPS) is 16.6. The van der Waals surface area contributed by atoms with Gasteiger partial charge in [-0.2, -0.15) is 0 Å². The highest BCUT2D eigenvalue weighted by molar-refractivity contribution is 7.89. The first-order chi connectivity index (χ1) is 10.5. The number of rotatable bonds is 5. The van der Waals surface area contributed by atoms with Crippen molar-refractivity contribution in [2.45, 2.75) is 17.2 Å². The van der Waals surface area contributed by atoms with Gasteiger partial charge in [0.1, 0.15) is 0 Å². The Hall–Kier alpha value is -2.18. The number of hydrogen-bond acceptors (Lipinski definition) is 3. The predicted octanol–water partition coefficient (Wildman–Crippen LogP) is 2.00. The largest absolute Gasteiger partial charge is 0.478 e. The van der Waals surface area contributed by atoms with Crippen molar-refractivity contribution in [2.75, 3.05) is 6.54 Å². The molecule has 0 spiro atoms. The lowest BCUT2D eigenvalue weighted by Gasteiger charge is -2.30. The molecule has 6 heteroatoms. The Bertz CT molecular complexity index is 812. The van der Waals surface area contributed by atoms with Crippen molar-refractivity contribution in [3.63, 3.8) is 0 Å². The first-order valence-corrected chi connectivity index (χ1v) is 8.36. The van der Waals surface area contributed by atoms with Crippen LogP contribution in [0.25, 0.3) is 0 Å². The van der Waals surface area contributed by atoms with E-state index in [9.17, 15) is 13.2 Å². The van der Waals surface area contributed by atoms with Crippen LogP contribution in [0.4, 0.5) is 0 Å². The Kier molecular flexibility index (Phi) is 3.72. The molecule has 0 radical (unpaired) electrons. The molecule has 2 N–H and O–H groups in total. The van der Waals surface area contributed by atoms with Crippen LogP contribution >= 0.6 is 0 Å². The van der Waals surface area contributed by atoms with E-state index in [1.54, 1.807) is 0 Å². The van der Waals surface area contributed by atoms with E-state index < -0.39 is 16.0 Å². The molecule has 0 heterocycles. The minimum Gasteiger partial charge on any atom is -0.478 e. The van der Waals surface area contributed by atoms with Gasteiger partial charge in [-0.25, -0.2) is 17.9 Å². The molecule has 114 valence electrons. The molecule has 1 unspecified atom stereocenters. The van der Waals surface area contributed by atoms with Crippen LogP contribution in [0, 0.1) is 0 Å². The van der Waals surface area contributed by atoms with Crippen LogP contribution in [-0.2, 0) is 16.4 Å². The smallest absolute Gasteiger partial charge is 0.335 e. The second-order valence-electron chi connectivity index (χ2n) is 5.28. The third kappa shape index (κ3) is 2.75. The highest BCUT2D eigenvalue weighted by atomic mass is 32.2. The number of fused-ring (bicyclic) bond motifs is 1. The molecule has 0 amide bonds. The van der Waals surface area contributed by atoms with Gasteiger partial charge in [-0.05, 0) is 41.8 Å². The lowest BCUT2D eigenvalue weighted by molar-refractivity contribution is 0.0696. The van der Waals surface area contributed by atoms with E-state index in [4.69, 9.17) is 5.11 Å². The van der Waals surface area contributed by atoms with Gasteiger partial charge in [-0.3, -0.25) is 0 Å². The molecule has 22 heavy (non-hydrogen) atoms. The van der Waals surface area contributed by atoms with Crippen LogP contribution in [-0.4, -0.2) is 26.0 Å². The topological polar surface area (TPSA) is 83.5 Å². The third-order valence-electron chi connectivity index (χ3n) is 3.89. The van der Waals surface area contributed by atoms with Crippen LogP contribution < -0.4 is 4.72 Å². The Labute approximate surface area is 128 Å². The van der Waals surface area contributed by atoms with Gasteiger partial charge >= 0.3 is 5.97 Å². The van der Waals surface area contributed by atoms with Gasteiger partial charge < -0.3 is 5.11 Å². The zero-order valence-electron chi connectivity index (χ0n) is 11.7. The Morgan fingerprint density at radius 2 is 1.82 bits per heavy atom. The maximum Gasteiger partial charge on any atom is 0.335 e. The summed E-state index contributed by atoms with van der Waals surface area (Å²) in [6.07, 6.45) is 0.872. The quantitative estimate of drug-likeness (QED) is 0.883. The second-order valence-corrected chi connectivity index (χ2v) is 7.05. The molecule has 0 aromatic heterocycles. The molecule has 0 bridgehead atoms. The molecule has 2 aromatic rings. The van der Waals surface area contributed by atoms with Crippen molar-refractivity contribution in [2.24, 2.45) is 0 Å². The first kappa shape index (κ1) is 14.7. The van der Waals surface area contributed by atoms with Gasteiger partial charge in [-0.15, -0.1) is 0 Å². The number of carbonyl (C=O) groups is 1. The Morgan fingerprint density at radius 1 is 1.14 bits per heavy atom. The van der Waals surface area contributed by atoms with E-state index in [1.807, 2.05) is 24.3 Å². The highest BCUT2D eigenvalue weighted by Gasteiger charge is 2.27. The minimum atomic E-state index is -3.62. The van der Waals surface area contributed by atoms with Crippen molar-refractivity contribution in [3.8, 4) is 0 Å². The summed E-state index contributed by atoms with van der Waals surface area (Å²) < 4.78 is 27.0. The number of nitrogens with one attached hydrogen (secondary N) is 1. The van der Waals surface area contributed by atoms with Crippen molar-refractivity contribution >= 4 is 16.0 Å². The molecular weight excluding hydrogens is 302 g/mol. The van der Waals surface area contributed by atoms with E-state index in [0.29, 0.717) is 6.54 Å². The highest BCUT2D eigenvalue weighted by Crippen LogP contribution is 2.34. The second kappa shape index (κ2) is 5.55. The number of benzene rings is 2. The fourth-order valence-electron chi connectivity index (χ4n) is 2.62. The monoisotopic (exact) mass is 317 g/mol. The fourth-order valence-corrected chi connectivity index (χ4v) is 3.70. The fraction of sp³-hybridized carbons (Fsp3) is 0.188. The summed E-state index contributed by atoms with van der Waals surface area (Å²) in [4.78, 5) is 10.8. The van der Waals surface area contributed by atoms with Gasteiger partial charge in [0.2, 0.25) is 10.0 Å². The predicted molar refractivity (Wildman–Crippen MR) is 81.5 cm³/mol. The summed E-state index contributed by atoms with van der Waals surface area (Å²) in [5.41, 5.74) is 2.51. The molecule has 0 aliphatic heterocycles. The van der Waals surface area contributed by atoms with Crippen molar-refractivity contribution in [3.05, 3.63) is 65.2 Å². The van der Waals surface area contributed by atoms with Gasteiger partial charge in [0.25, 0.3) is 0 Å². The zero-order valence-corrected chi connectivity index (χ0v) is 12.5. The van der Waals surface area contributed by atoms with Crippen molar-refractivity contribution in [1.29, 1.82) is 0 Å². The van der Waals surface area contributed by atoms with Crippen LogP contribution in [0.3, 0.4) is 0 Å². The number of sulfonamides is 1. The van der Waals surface area contributed by atoms with Crippen molar-refractivity contribution < 1.29 is 18.3 Å². The average molecular weight is 317 g/mol. The van der Waals surface area contributed by atoms with Crippen LogP contribution in [0.5, 0.6) is 0 Å². The lowest BCUT2D eigenvalue weighted by Crippen LogP contribution is -2.33. The molecule has 0 fully saturated rings. The average Bonchev–Trinajstić information content (AvgIpc) is 2.48. The molecule has 1 aliphatic rings. The zero-order chi connectivity index (χ0) is 15.7. The minimum absolute atomic E-state index is 0.0619. The van der Waals surface area contributed by atoms with Crippen LogP contribution in [0.1, 0.15) is 27.4 Å². The molecule has 0 saturated carbocycles. The molecular formula is C16H15NO4S. The van der Waals surface area contributed by atoms with Gasteiger partial charge in [0, 0.05) is 12.5 Å². The third-order valence-corrected chi connectivity index (χ3v) is 5.33. The van der Waals surface area contributed by atoms with Gasteiger partial charge in [0.15, 0.2) is 0 Å². The number of carboxylic acids is 1. The molecule has 2 aromatic carbocycles. The van der Waals surface area contributed by atoms with E-state index in [0.717, 1.165) is 6.42 Å². The summed E-state index contributed by atoms with van der Waals surface area (Å²) in [7, 11) is -3.62. The van der Waals surface area contributed by atoms with Crippen LogP contribution in [0.2, 0.25) is 0 Å². The molecule has 3 rings (SSSR count). The molecule has 1 aliphatic carbocycles. The van der Waals surface area contributed by atoms with Crippen LogP contribution in [0.15, 0.2) is 53.4 Å². The number of hydrogen-bond donors (Lipinski definition) is 2. The van der Waals surface area contributed by atoms with Gasteiger partial charge in [0.05, 0.1) is 10.5 Å². The summed E-state index contributed by atoms with van der Waals surface area (Å²) >= 11 is 0. The standard InChI is InChI=1S/C16H15NO4S/c18-16(19)11-5-7-14(8-6-11)22(20,21)17-10-13-9-12-3-1-2-4-15(12)13/h1-8,13,17H,9-10H2,(H,18,19). The SMILES string of the molecule is O=C(O)c1ccc(S(=O)(=O)NCC2Cc3ccccc32)cc1. The van der Waals surface area contributed by atoms with Gasteiger partial charge in [-0.1, -0.05) is 24.3 Å². The van der Waals surface area contributed by atoms with E-state index >= 15 is 0 Å². The lowest BCUT2D eigenvalue weighted by atomic mass is 9.78. The summed E-state index contributed by atoms with van der Waals surface area (Å²) in [6.45, 7) is 0.347. The number of carboxylic acid groups (broad SMARTS) is 1. The number of aromatic carboxylic acids is 1. The van der Waals surface area contributed by atoms with Crippen molar-refractivity contribution in [1.82, 2.24) is 4.72 Å². The van der Waals surface area contributed by atoms with E-state index in [-0.39, 0.29) is 16.4 Å². The Morgan fingerprint density at radius 3 is 2.45 bits per heavy atom. The maximum atomic E-state index is 12.2. The maximum absolute atomic E-state index is 12.2. The van der Waals surface area contributed by atoms with E-state index in [2.05, 4.69) is 4.72 Å². The summed E-state index contributed by atoms with van der Waals surface area (Å²) in [5.74, 6) is -0.882. The summed E-state index contributed by atoms with van der Waals surface area (Å²) in [5, 5.41) is 8.82. The van der Waals surface area contributed by atoms with E-state index in [1.165, 1.54) is 35.4 Å². The first-order valence-electron chi connectivity index (χ1n) is 6.88. The molecule has 1 atom stereocenters. The molecule has 5 nitrogen and oxygen atoms in total. The Balaban J connectivity index is 1.68. The molecule has 0 saturated heterocycles. The summed E-state index contributed by atoms with van der Waals surface area (Å²) in [6, 6.07) is 13.2.